The largest absolute Gasteiger partial charge is 0.463 e. The summed E-state index contributed by atoms with van der Waals surface area (Å²) in [4.78, 5) is 27.4. The molecule has 0 spiro atoms. The van der Waals surface area contributed by atoms with Crippen LogP contribution < -0.4 is 0 Å². The third-order valence-electron chi connectivity index (χ3n) is 2.44. The summed E-state index contributed by atoms with van der Waals surface area (Å²) in [5.41, 5.74) is -1.28. The van der Waals surface area contributed by atoms with Crippen LogP contribution in [0.15, 0.2) is 29.3 Å². The Bertz CT molecular complexity index is 539. The zero-order chi connectivity index (χ0) is 13.2. The molecule has 0 saturated heterocycles. The number of ketones is 1. The molecule has 1 unspecified atom stereocenters. The SMILES string of the molecule is COC(=O)C(=O)C1(c2ccc(Cl)nn2)C=CC=N1. The number of nitrogens with zero attached hydrogens (tertiary/aromatic N) is 3. The number of carbonyl (C=O) groups excluding carboxylic acids is 2. The summed E-state index contributed by atoms with van der Waals surface area (Å²) >= 11 is 5.63. The average molecular weight is 266 g/mol. The fourth-order valence-electron chi connectivity index (χ4n) is 1.56. The number of hydrogen-bond donors (Lipinski definition) is 0. The fraction of sp³-hybridized carbons (Fsp3) is 0.182. The third-order valence-corrected chi connectivity index (χ3v) is 2.64. The second kappa shape index (κ2) is 4.66. The van der Waals surface area contributed by atoms with Gasteiger partial charge in [-0.15, -0.1) is 5.10 Å². The van der Waals surface area contributed by atoms with Gasteiger partial charge in [-0.2, -0.15) is 5.10 Å². The van der Waals surface area contributed by atoms with Crippen LogP contribution in [0.2, 0.25) is 5.15 Å². The van der Waals surface area contributed by atoms with E-state index in [0.29, 0.717) is 0 Å². The summed E-state index contributed by atoms with van der Waals surface area (Å²) in [5, 5.41) is 7.62. The summed E-state index contributed by atoms with van der Waals surface area (Å²) < 4.78 is 4.42. The number of ether oxygens (including phenoxy) is 1. The van der Waals surface area contributed by atoms with E-state index in [1.807, 2.05) is 0 Å². The van der Waals surface area contributed by atoms with Crippen LogP contribution in [-0.4, -0.2) is 35.3 Å². The standard InChI is InChI=1S/C11H8ClN3O3/c1-18-10(17)9(16)11(5-2-6-13-11)7-3-4-8(12)15-14-7/h2-6H,1H3. The number of rotatable bonds is 3. The number of carbonyl (C=O) groups is 2. The summed E-state index contributed by atoms with van der Waals surface area (Å²) in [7, 11) is 1.13. The lowest BCUT2D eigenvalue weighted by Gasteiger charge is -2.19. The van der Waals surface area contributed by atoms with Crippen LogP contribution in [0.25, 0.3) is 0 Å². The minimum Gasteiger partial charge on any atom is -0.463 e. The number of esters is 1. The van der Waals surface area contributed by atoms with E-state index in [1.165, 1.54) is 24.4 Å². The molecule has 2 heterocycles. The Kier molecular flexibility index (Phi) is 3.20. The van der Waals surface area contributed by atoms with Crippen molar-refractivity contribution in [3.8, 4) is 0 Å². The van der Waals surface area contributed by atoms with Gasteiger partial charge in [0.1, 0.15) is 5.69 Å². The highest BCUT2D eigenvalue weighted by Crippen LogP contribution is 2.30. The van der Waals surface area contributed by atoms with Gasteiger partial charge in [0, 0.05) is 6.21 Å². The van der Waals surface area contributed by atoms with Crippen LogP contribution in [0.5, 0.6) is 0 Å². The topological polar surface area (TPSA) is 81.5 Å². The van der Waals surface area contributed by atoms with Gasteiger partial charge in [-0.25, -0.2) is 4.79 Å². The average Bonchev–Trinajstić information content (AvgIpc) is 2.88. The second-order valence-electron chi connectivity index (χ2n) is 3.47. The van der Waals surface area contributed by atoms with E-state index in [0.717, 1.165) is 7.11 Å². The van der Waals surface area contributed by atoms with E-state index in [2.05, 4.69) is 19.9 Å². The Morgan fingerprint density at radius 2 is 2.11 bits per heavy atom. The molecule has 6 nitrogen and oxygen atoms in total. The molecule has 0 aromatic carbocycles. The quantitative estimate of drug-likeness (QED) is 0.594. The van der Waals surface area contributed by atoms with Crippen molar-refractivity contribution in [1.82, 2.24) is 10.2 Å². The number of halogens is 1. The van der Waals surface area contributed by atoms with E-state index in [-0.39, 0.29) is 10.8 Å². The van der Waals surface area contributed by atoms with Crippen molar-refractivity contribution in [3.63, 3.8) is 0 Å². The van der Waals surface area contributed by atoms with Crippen molar-refractivity contribution >= 4 is 29.6 Å². The molecule has 0 saturated carbocycles. The van der Waals surface area contributed by atoms with E-state index in [1.54, 1.807) is 6.08 Å². The maximum Gasteiger partial charge on any atom is 0.377 e. The van der Waals surface area contributed by atoms with Crippen LogP contribution in [0.4, 0.5) is 0 Å². The minimum absolute atomic E-state index is 0.186. The molecule has 18 heavy (non-hydrogen) atoms. The first-order chi connectivity index (χ1) is 8.60. The van der Waals surface area contributed by atoms with Gasteiger partial charge in [0.15, 0.2) is 10.7 Å². The Morgan fingerprint density at radius 3 is 2.61 bits per heavy atom. The molecule has 7 heteroatoms. The molecule has 0 bridgehead atoms. The summed E-state index contributed by atoms with van der Waals surface area (Å²) in [6, 6.07) is 2.96. The van der Waals surface area contributed by atoms with Crippen LogP contribution in [0.1, 0.15) is 5.69 Å². The van der Waals surface area contributed by atoms with Crippen LogP contribution in [0.3, 0.4) is 0 Å². The smallest absolute Gasteiger partial charge is 0.377 e. The van der Waals surface area contributed by atoms with E-state index < -0.39 is 17.3 Å². The maximum absolute atomic E-state index is 12.0. The molecular formula is C11H8ClN3O3. The number of methoxy groups -OCH3 is 1. The van der Waals surface area contributed by atoms with E-state index in [4.69, 9.17) is 11.6 Å². The zero-order valence-electron chi connectivity index (χ0n) is 9.33. The summed E-state index contributed by atoms with van der Waals surface area (Å²) in [6.07, 6.45) is 4.43. The summed E-state index contributed by atoms with van der Waals surface area (Å²) in [5.74, 6) is -1.82. The number of aromatic nitrogens is 2. The second-order valence-corrected chi connectivity index (χ2v) is 3.85. The van der Waals surface area contributed by atoms with Crippen molar-refractivity contribution < 1.29 is 14.3 Å². The van der Waals surface area contributed by atoms with Crippen molar-refractivity contribution in [2.75, 3.05) is 7.11 Å². The third kappa shape index (κ3) is 1.91. The van der Waals surface area contributed by atoms with Crippen molar-refractivity contribution in [3.05, 3.63) is 35.1 Å². The van der Waals surface area contributed by atoms with Crippen molar-refractivity contribution in [1.29, 1.82) is 0 Å². The van der Waals surface area contributed by atoms with E-state index >= 15 is 0 Å². The molecule has 0 amide bonds. The Morgan fingerprint density at radius 1 is 1.33 bits per heavy atom. The van der Waals surface area contributed by atoms with Gasteiger partial charge in [-0.05, 0) is 24.3 Å². The predicted molar refractivity (Wildman–Crippen MR) is 63.4 cm³/mol. The molecule has 1 aromatic heterocycles. The molecule has 92 valence electrons. The Hall–Kier alpha value is -2.08. The monoisotopic (exact) mass is 265 g/mol. The fourth-order valence-corrected chi connectivity index (χ4v) is 1.66. The number of aliphatic imine (C=N–C) groups is 1. The van der Waals surface area contributed by atoms with Crippen LogP contribution in [0, 0.1) is 0 Å². The highest BCUT2D eigenvalue weighted by atomic mass is 35.5. The molecular weight excluding hydrogens is 258 g/mol. The van der Waals surface area contributed by atoms with Crippen molar-refractivity contribution in [2.24, 2.45) is 4.99 Å². The van der Waals surface area contributed by atoms with Gasteiger partial charge >= 0.3 is 5.97 Å². The molecule has 2 rings (SSSR count). The molecule has 0 N–H and O–H groups in total. The van der Waals surface area contributed by atoms with Gasteiger partial charge in [0.25, 0.3) is 5.78 Å². The normalized spacial score (nSPS) is 21.0. The van der Waals surface area contributed by atoms with Gasteiger partial charge in [-0.1, -0.05) is 11.6 Å². The van der Waals surface area contributed by atoms with Gasteiger partial charge in [0.2, 0.25) is 0 Å². The predicted octanol–water partition coefficient (Wildman–Crippen LogP) is 0.708. The van der Waals surface area contributed by atoms with Gasteiger partial charge in [0.05, 0.1) is 7.11 Å². The minimum atomic E-state index is -1.50. The Balaban J connectivity index is 2.49. The maximum atomic E-state index is 12.0. The number of Topliss-reactive ketones (excluding diaryl/α,β-unsaturated/α-hetero) is 1. The lowest BCUT2D eigenvalue weighted by atomic mass is 9.91. The molecule has 0 radical (unpaired) electrons. The van der Waals surface area contributed by atoms with Gasteiger partial charge in [-0.3, -0.25) is 9.79 Å². The van der Waals surface area contributed by atoms with Gasteiger partial charge < -0.3 is 4.74 Å². The van der Waals surface area contributed by atoms with Crippen LogP contribution in [-0.2, 0) is 19.9 Å². The number of hydrogen-bond acceptors (Lipinski definition) is 6. The Labute approximate surface area is 107 Å². The summed E-state index contributed by atoms with van der Waals surface area (Å²) in [6.45, 7) is 0. The highest BCUT2D eigenvalue weighted by Gasteiger charge is 2.45. The molecule has 1 atom stereocenters. The molecule has 1 aliphatic heterocycles. The number of allylic oxidation sites excluding steroid dienone is 1. The van der Waals surface area contributed by atoms with Crippen molar-refractivity contribution in [2.45, 2.75) is 5.54 Å². The first kappa shape index (κ1) is 12.4. The first-order valence-electron chi connectivity index (χ1n) is 4.95. The first-order valence-corrected chi connectivity index (χ1v) is 5.33. The lowest BCUT2D eigenvalue weighted by Crippen LogP contribution is -2.38. The molecule has 1 aliphatic rings. The van der Waals surface area contributed by atoms with Crippen LogP contribution >= 0.6 is 11.6 Å². The highest BCUT2D eigenvalue weighted by molar-refractivity contribution is 6.38. The zero-order valence-corrected chi connectivity index (χ0v) is 10.1. The molecule has 0 fully saturated rings. The van der Waals surface area contributed by atoms with E-state index in [9.17, 15) is 9.59 Å². The molecule has 1 aromatic rings. The molecule has 0 aliphatic carbocycles. The lowest BCUT2D eigenvalue weighted by molar-refractivity contribution is -0.153.